The summed E-state index contributed by atoms with van der Waals surface area (Å²) in [5.41, 5.74) is 8.42. The van der Waals surface area contributed by atoms with Gasteiger partial charge < -0.3 is 4.57 Å². The topological polar surface area (TPSA) is 63.1 Å². The first kappa shape index (κ1) is 18.0. The highest BCUT2D eigenvalue weighted by Gasteiger charge is 2.14. The van der Waals surface area contributed by atoms with E-state index in [1.54, 1.807) is 6.20 Å². The average molecular weight is 370 g/mol. The van der Waals surface area contributed by atoms with Crippen LogP contribution in [-0.4, -0.2) is 16.4 Å². The maximum absolute atomic E-state index is 12.4. The molecule has 2 N–H and O–H groups in total. The molecular formula is C20H20ClN3O2. The molecule has 1 aromatic heterocycles. The van der Waals surface area contributed by atoms with Gasteiger partial charge in [0.25, 0.3) is 5.91 Å². The SMILES string of the molecule is Cc1ccc(CCC(=O)NNC(=O)c2cn(C)c3ccccc23)cc1Cl. The van der Waals surface area contributed by atoms with Crippen LogP contribution >= 0.6 is 11.6 Å². The van der Waals surface area contributed by atoms with E-state index in [9.17, 15) is 9.59 Å². The molecule has 1 heterocycles. The Balaban J connectivity index is 1.57. The van der Waals surface area contributed by atoms with E-state index in [-0.39, 0.29) is 18.2 Å². The van der Waals surface area contributed by atoms with Crippen LogP contribution in [0.25, 0.3) is 10.9 Å². The van der Waals surface area contributed by atoms with Crippen LogP contribution in [0.3, 0.4) is 0 Å². The van der Waals surface area contributed by atoms with Crippen molar-refractivity contribution in [3.63, 3.8) is 0 Å². The fraction of sp³-hybridized carbons (Fsp3) is 0.200. The van der Waals surface area contributed by atoms with E-state index in [1.807, 2.05) is 61.0 Å². The Morgan fingerprint density at radius 2 is 1.88 bits per heavy atom. The molecule has 0 aliphatic carbocycles. The van der Waals surface area contributed by atoms with E-state index < -0.39 is 0 Å². The Morgan fingerprint density at radius 1 is 1.12 bits per heavy atom. The largest absolute Gasteiger partial charge is 0.350 e. The maximum Gasteiger partial charge on any atom is 0.271 e. The predicted octanol–water partition coefficient (Wildman–Crippen LogP) is 3.53. The van der Waals surface area contributed by atoms with Gasteiger partial charge in [0.2, 0.25) is 5.91 Å². The van der Waals surface area contributed by atoms with Gasteiger partial charge in [-0.05, 0) is 36.6 Å². The van der Waals surface area contributed by atoms with Crippen molar-refractivity contribution in [3.05, 3.63) is 70.4 Å². The summed E-state index contributed by atoms with van der Waals surface area (Å²) in [6.45, 7) is 1.93. The fourth-order valence-electron chi connectivity index (χ4n) is 2.83. The average Bonchev–Trinajstić information content (AvgIpc) is 2.98. The van der Waals surface area contributed by atoms with Crippen molar-refractivity contribution in [1.29, 1.82) is 0 Å². The van der Waals surface area contributed by atoms with Gasteiger partial charge in [0.05, 0.1) is 5.56 Å². The van der Waals surface area contributed by atoms with Crippen molar-refractivity contribution in [2.45, 2.75) is 19.8 Å². The van der Waals surface area contributed by atoms with Crippen molar-refractivity contribution < 1.29 is 9.59 Å². The first-order valence-electron chi connectivity index (χ1n) is 8.34. The lowest BCUT2D eigenvalue weighted by molar-refractivity contribution is -0.121. The number of fused-ring (bicyclic) bond motifs is 1. The number of aromatic nitrogens is 1. The molecule has 0 radical (unpaired) electrons. The first-order valence-corrected chi connectivity index (χ1v) is 8.72. The molecule has 2 amide bonds. The number of benzene rings is 2. The number of nitrogens with zero attached hydrogens (tertiary/aromatic N) is 1. The molecular weight excluding hydrogens is 350 g/mol. The highest BCUT2D eigenvalue weighted by atomic mass is 35.5. The number of hydrazine groups is 1. The number of rotatable bonds is 4. The molecule has 0 fully saturated rings. The van der Waals surface area contributed by atoms with E-state index in [1.165, 1.54) is 0 Å². The first-order chi connectivity index (χ1) is 12.5. The van der Waals surface area contributed by atoms with Gasteiger partial charge >= 0.3 is 0 Å². The molecule has 26 heavy (non-hydrogen) atoms. The molecule has 3 rings (SSSR count). The van der Waals surface area contributed by atoms with Crippen LogP contribution < -0.4 is 10.9 Å². The Hall–Kier alpha value is -2.79. The second-order valence-corrected chi connectivity index (χ2v) is 6.66. The number of hydrogen-bond donors (Lipinski definition) is 2. The van der Waals surface area contributed by atoms with Crippen LogP contribution in [0.4, 0.5) is 0 Å². The molecule has 134 valence electrons. The Morgan fingerprint density at radius 3 is 2.65 bits per heavy atom. The fourth-order valence-corrected chi connectivity index (χ4v) is 3.03. The Labute approximate surface area is 156 Å². The molecule has 0 saturated heterocycles. The zero-order chi connectivity index (χ0) is 18.7. The van der Waals surface area contributed by atoms with Gasteiger partial charge in [-0.15, -0.1) is 0 Å². The van der Waals surface area contributed by atoms with E-state index in [4.69, 9.17) is 11.6 Å². The lowest BCUT2D eigenvalue weighted by Crippen LogP contribution is -2.41. The molecule has 0 unspecified atom stereocenters. The van der Waals surface area contributed by atoms with Crippen molar-refractivity contribution in [2.24, 2.45) is 7.05 Å². The standard InChI is InChI=1S/C20H20ClN3O2/c1-13-7-8-14(11-17(13)21)9-10-19(25)22-23-20(26)16-12-24(2)18-6-4-3-5-15(16)18/h3-8,11-12H,9-10H2,1-2H3,(H,22,25)(H,23,26). The van der Waals surface area contributed by atoms with Crippen molar-refractivity contribution >= 4 is 34.3 Å². The summed E-state index contributed by atoms with van der Waals surface area (Å²) in [5, 5.41) is 1.53. The number of halogens is 1. The highest BCUT2D eigenvalue weighted by molar-refractivity contribution is 6.31. The minimum absolute atomic E-state index is 0.254. The molecule has 3 aromatic rings. The predicted molar refractivity (Wildman–Crippen MR) is 103 cm³/mol. The number of hydrogen-bond acceptors (Lipinski definition) is 2. The summed E-state index contributed by atoms with van der Waals surface area (Å²) in [5.74, 6) is -0.594. The van der Waals surface area contributed by atoms with E-state index in [0.29, 0.717) is 17.0 Å². The molecule has 0 bridgehead atoms. The van der Waals surface area contributed by atoms with Crippen molar-refractivity contribution in [1.82, 2.24) is 15.4 Å². The normalized spacial score (nSPS) is 10.7. The second-order valence-electron chi connectivity index (χ2n) is 6.26. The Bertz CT molecular complexity index is 978. The third-order valence-corrected chi connectivity index (χ3v) is 4.74. The second kappa shape index (κ2) is 7.62. The highest BCUT2D eigenvalue weighted by Crippen LogP contribution is 2.20. The summed E-state index contributed by atoms with van der Waals surface area (Å²) >= 11 is 6.09. The zero-order valence-corrected chi connectivity index (χ0v) is 15.4. The van der Waals surface area contributed by atoms with Gasteiger partial charge in [-0.2, -0.15) is 0 Å². The van der Waals surface area contributed by atoms with Crippen LogP contribution in [-0.2, 0) is 18.3 Å². The van der Waals surface area contributed by atoms with Gasteiger partial charge in [-0.3, -0.25) is 20.4 Å². The molecule has 0 aliphatic rings. The summed E-state index contributed by atoms with van der Waals surface area (Å²) in [6, 6.07) is 13.4. The zero-order valence-electron chi connectivity index (χ0n) is 14.7. The lowest BCUT2D eigenvalue weighted by Gasteiger charge is -2.07. The molecule has 0 spiro atoms. The van der Waals surface area contributed by atoms with Gasteiger partial charge in [0.1, 0.15) is 0 Å². The maximum atomic E-state index is 12.4. The van der Waals surface area contributed by atoms with E-state index in [2.05, 4.69) is 10.9 Å². The van der Waals surface area contributed by atoms with Crippen LogP contribution in [0.15, 0.2) is 48.7 Å². The number of para-hydroxylation sites is 1. The van der Waals surface area contributed by atoms with Crippen molar-refractivity contribution in [3.8, 4) is 0 Å². The Kier molecular flexibility index (Phi) is 5.28. The molecule has 0 aliphatic heterocycles. The summed E-state index contributed by atoms with van der Waals surface area (Å²) < 4.78 is 1.88. The van der Waals surface area contributed by atoms with Crippen LogP contribution in [0.5, 0.6) is 0 Å². The monoisotopic (exact) mass is 369 g/mol. The summed E-state index contributed by atoms with van der Waals surface area (Å²) in [4.78, 5) is 24.4. The molecule has 2 aromatic carbocycles. The molecule has 5 nitrogen and oxygen atoms in total. The third-order valence-electron chi connectivity index (χ3n) is 4.33. The molecule has 0 atom stereocenters. The van der Waals surface area contributed by atoms with Crippen molar-refractivity contribution in [2.75, 3.05) is 0 Å². The number of aryl methyl sites for hydroxylation is 3. The summed E-state index contributed by atoms with van der Waals surface area (Å²) in [6.07, 6.45) is 2.56. The van der Waals surface area contributed by atoms with Gasteiger partial charge in [0.15, 0.2) is 0 Å². The van der Waals surface area contributed by atoms with E-state index in [0.717, 1.165) is 22.0 Å². The third kappa shape index (κ3) is 3.89. The molecule has 0 saturated carbocycles. The van der Waals surface area contributed by atoms with Gasteiger partial charge in [-0.25, -0.2) is 0 Å². The lowest BCUT2D eigenvalue weighted by atomic mass is 10.1. The minimum Gasteiger partial charge on any atom is -0.350 e. The van der Waals surface area contributed by atoms with Crippen LogP contribution in [0.2, 0.25) is 5.02 Å². The molecule has 6 heteroatoms. The van der Waals surface area contributed by atoms with E-state index >= 15 is 0 Å². The van der Waals surface area contributed by atoms with Gasteiger partial charge in [-0.1, -0.05) is 41.9 Å². The number of carbonyl (C=O) groups excluding carboxylic acids is 2. The number of nitrogens with one attached hydrogen (secondary N) is 2. The number of carbonyl (C=O) groups is 2. The summed E-state index contributed by atoms with van der Waals surface area (Å²) in [7, 11) is 1.88. The number of amides is 2. The quantitative estimate of drug-likeness (QED) is 0.691. The van der Waals surface area contributed by atoms with Gasteiger partial charge in [0, 0.05) is 35.6 Å². The smallest absolute Gasteiger partial charge is 0.271 e. The van der Waals surface area contributed by atoms with Crippen LogP contribution in [0.1, 0.15) is 27.9 Å². The van der Waals surface area contributed by atoms with Crippen LogP contribution in [0, 0.1) is 6.92 Å². The minimum atomic E-state index is -0.339.